The molecule has 4 heteroatoms. The van der Waals surface area contributed by atoms with E-state index in [1.807, 2.05) is 6.92 Å². The molecular formula is C12H13NO2S. The standard InChI is InChI=1S/C12H13NO2S/c1-3-8-6-11(16)10(5-9(8)7-13)12(14)15-4-2/h5-6,16H,3-4H2,1-2H3. The van der Waals surface area contributed by atoms with Gasteiger partial charge in [-0.15, -0.1) is 12.6 Å². The summed E-state index contributed by atoms with van der Waals surface area (Å²) in [6.07, 6.45) is 0.736. The Kier molecular flexibility index (Phi) is 4.39. The zero-order valence-electron chi connectivity index (χ0n) is 9.28. The molecule has 0 amide bonds. The Morgan fingerprint density at radius 2 is 2.19 bits per heavy atom. The molecule has 3 nitrogen and oxygen atoms in total. The lowest BCUT2D eigenvalue weighted by atomic mass is 10.0. The van der Waals surface area contributed by atoms with Gasteiger partial charge in [0.1, 0.15) is 0 Å². The number of aryl methyl sites for hydroxylation is 1. The molecule has 0 fully saturated rings. The smallest absolute Gasteiger partial charge is 0.339 e. The second-order valence-electron chi connectivity index (χ2n) is 3.21. The minimum Gasteiger partial charge on any atom is -0.462 e. The minimum absolute atomic E-state index is 0.309. The van der Waals surface area contributed by atoms with E-state index in [2.05, 4.69) is 18.7 Å². The van der Waals surface area contributed by atoms with Gasteiger partial charge in [-0.1, -0.05) is 6.92 Å². The van der Waals surface area contributed by atoms with Crippen LogP contribution in [-0.4, -0.2) is 12.6 Å². The number of nitrogens with zero attached hydrogens (tertiary/aromatic N) is 1. The first-order valence-electron chi connectivity index (χ1n) is 5.07. The number of benzene rings is 1. The zero-order chi connectivity index (χ0) is 12.1. The molecule has 84 valence electrons. The van der Waals surface area contributed by atoms with Gasteiger partial charge in [-0.05, 0) is 31.0 Å². The number of hydrogen-bond donors (Lipinski definition) is 1. The van der Waals surface area contributed by atoms with Crippen LogP contribution in [0.15, 0.2) is 17.0 Å². The Balaban J connectivity index is 3.22. The first-order valence-corrected chi connectivity index (χ1v) is 5.51. The molecule has 0 saturated carbocycles. The molecule has 1 aromatic carbocycles. The zero-order valence-corrected chi connectivity index (χ0v) is 10.2. The maximum absolute atomic E-state index is 11.6. The summed E-state index contributed by atoms with van der Waals surface area (Å²) in [5, 5.41) is 8.95. The normalized spacial score (nSPS) is 9.62. The van der Waals surface area contributed by atoms with Crippen molar-refractivity contribution in [1.82, 2.24) is 0 Å². The first kappa shape index (κ1) is 12.6. The molecule has 0 aliphatic carbocycles. The molecule has 0 spiro atoms. The van der Waals surface area contributed by atoms with E-state index < -0.39 is 5.97 Å². The van der Waals surface area contributed by atoms with Crippen molar-refractivity contribution in [3.63, 3.8) is 0 Å². The number of thiol groups is 1. The maximum atomic E-state index is 11.6. The molecule has 0 N–H and O–H groups in total. The van der Waals surface area contributed by atoms with Crippen LogP contribution in [0, 0.1) is 11.3 Å². The highest BCUT2D eigenvalue weighted by Crippen LogP contribution is 2.21. The van der Waals surface area contributed by atoms with Crippen LogP contribution in [0.4, 0.5) is 0 Å². The van der Waals surface area contributed by atoms with Crippen LogP contribution in [0.3, 0.4) is 0 Å². The molecule has 1 aromatic rings. The predicted octanol–water partition coefficient (Wildman–Crippen LogP) is 2.59. The Bertz CT molecular complexity index is 449. The van der Waals surface area contributed by atoms with E-state index in [9.17, 15) is 4.79 Å². The molecule has 0 unspecified atom stereocenters. The number of rotatable bonds is 3. The molecular weight excluding hydrogens is 222 g/mol. The SMILES string of the molecule is CCOC(=O)c1cc(C#N)c(CC)cc1S. The van der Waals surface area contributed by atoms with Gasteiger partial charge < -0.3 is 4.74 Å². The van der Waals surface area contributed by atoms with Gasteiger partial charge in [-0.3, -0.25) is 0 Å². The highest BCUT2D eigenvalue weighted by Gasteiger charge is 2.14. The third-order valence-electron chi connectivity index (χ3n) is 2.22. The lowest BCUT2D eigenvalue weighted by Gasteiger charge is -2.08. The number of carbonyl (C=O) groups is 1. The van der Waals surface area contributed by atoms with Gasteiger partial charge in [-0.25, -0.2) is 4.79 Å². The van der Waals surface area contributed by atoms with Crippen LogP contribution < -0.4 is 0 Å². The van der Waals surface area contributed by atoms with Gasteiger partial charge in [0.15, 0.2) is 0 Å². The summed E-state index contributed by atoms with van der Waals surface area (Å²) in [5.41, 5.74) is 1.74. The summed E-state index contributed by atoms with van der Waals surface area (Å²) in [4.78, 5) is 12.1. The van der Waals surface area contributed by atoms with Gasteiger partial charge in [-0.2, -0.15) is 5.26 Å². The highest BCUT2D eigenvalue weighted by molar-refractivity contribution is 7.80. The molecule has 0 heterocycles. The molecule has 0 aliphatic heterocycles. The molecule has 1 rings (SSSR count). The van der Waals surface area contributed by atoms with Crippen molar-refractivity contribution >= 4 is 18.6 Å². The lowest BCUT2D eigenvalue weighted by molar-refractivity contribution is 0.0522. The number of ether oxygens (including phenoxy) is 1. The number of esters is 1. The fourth-order valence-corrected chi connectivity index (χ4v) is 1.71. The summed E-state index contributed by atoms with van der Waals surface area (Å²) in [6, 6.07) is 5.35. The lowest BCUT2D eigenvalue weighted by Crippen LogP contribution is -2.07. The van der Waals surface area contributed by atoms with Gasteiger partial charge in [0.05, 0.1) is 23.8 Å². The van der Waals surface area contributed by atoms with Crippen LogP contribution in [0.1, 0.15) is 35.3 Å². The minimum atomic E-state index is -0.438. The monoisotopic (exact) mass is 235 g/mol. The van der Waals surface area contributed by atoms with Crippen LogP contribution in [0.25, 0.3) is 0 Å². The fourth-order valence-electron chi connectivity index (χ4n) is 1.40. The van der Waals surface area contributed by atoms with Crippen molar-refractivity contribution in [3.8, 4) is 6.07 Å². The predicted molar refractivity (Wildman–Crippen MR) is 63.7 cm³/mol. The molecule has 0 radical (unpaired) electrons. The summed E-state index contributed by atoms with van der Waals surface area (Å²) < 4.78 is 4.88. The van der Waals surface area contributed by atoms with Crippen molar-refractivity contribution in [2.24, 2.45) is 0 Å². The van der Waals surface area contributed by atoms with Gasteiger partial charge in [0, 0.05) is 4.90 Å². The van der Waals surface area contributed by atoms with Crippen molar-refractivity contribution in [3.05, 3.63) is 28.8 Å². The Morgan fingerprint density at radius 3 is 2.69 bits per heavy atom. The maximum Gasteiger partial charge on any atom is 0.339 e. The fraction of sp³-hybridized carbons (Fsp3) is 0.333. The quantitative estimate of drug-likeness (QED) is 0.647. The van der Waals surface area contributed by atoms with E-state index in [4.69, 9.17) is 10.00 Å². The number of nitriles is 1. The third-order valence-corrected chi connectivity index (χ3v) is 2.59. The van der Waals surface area contributed by atoms with E-state index in [1.165, 1.54) is 0 Å². The third kappa shape index (κ3) is 2.56. The van der Waals surface area contributed by atoms with Gasteiger partial charge in [0.2, 0.25) is 0 Å². The summed E-state index contributed by atoms with van der Waals surface area (Å²) in [7, 11) is 0. The van der Waals surface area contributed by atoms with Crippen LogP contribution in [-0.2, 0) is 11.2 Å². The molecule has 16 heavy (non-hydrogen) atoms. The summed E-state index contributed by atoms with van der Waals surface area (Å²) in [5.74, 6) is -0.438. The van der Waals surface area contributed by atoms with Crippen molar-refractivity contribution < 1.29 is 9.53 Å². The molecule has 0 aliphatic rings. The largest absolute Gasteiger partial charge is 0.462 e. The van der Waals surface area contributed by atoms with Gasteiger partial charge in [0.25, 0.3) is 0 Å². The van der Waals surface area contributed by atoms with E-state index in [1.54, 1.807) is 19.1 Å². The summed E-state index contributed by atoms with van der Waals surface area (Å²) >= 11 is 4.23. The average molecular weight is 235 g/mol. The van der Waals surface area contributed by atoms with Crippen LogP contribution >= 0.6 is 12.6 Å². The van der Waals surface area contributed by atoms with Gasteiger partial charge >= 0.3 is 5.97 Å². The topological polar surface area (TPSA) is 50.1 Å². The van der Waals surface area contributed by atoms with Crippen molar-refractivity contribution in [2.45, 2.75) is 25.2 Å². The average Bonchev–Trinajstić information content (AvgIpc) is 2.28. The van der Waals surface area contributed by atoms with Crippen LogP contribution in [0.2, 0.25) is 0 Å². The second-order valence-corrected chi connectivity index (χ2v) is 3.69. The molecule has 0 saturated heterocycles. The number of hydrogen-bond acceptors (Lipinski definition) is 4. The highest BCUT2D eigenvalue weighted by atomic mass is 32.1. The summed E-state index contributed by atoms with van der Waals surface area (Å²) in [6.45, 7) is 4.00. The van der Waals surface area contributed by atoms with E-state index >= 15 is 0 Å². The Hall–Kier alpha value is -1.47. The van der Waals surface area contributed by atoms with Crippen LogP contribution in [0.5, 0.6) is 0 Å². The van der Waals surface area contributed by atoms with Crippen molar-refractivity contribution in [1.29, 1.82) is 5.26 Å². The number of carbonyl (C=O) groups excluding carboxylic acids is 1. The van der Waals surface area contributed by atoms with E-state index in [0.717, 1.165) is 12.0 Å². The van der Waals surface area contributed by atoms with E-state index in [0.29, 0.717) is 22.6 Å². The molecule has 0 atom stereocenters. The molecule has 0 bridgehead atoms. The second kappa shape index (κ2) is 5.57. The van der Waals surface area contributed by atoms with E-state index in [-0.39, 0.29) is 0 Å². The van der Waals surface area contributed by atoms with Crippen molar-refractivity contribution in [2.75, 3.05) is 6.61 Å². The Labute approximate surface area is 100 Å². The molecule has 0 aromatic heterocycles. The first-order chi connectivity index (χ1) is 7.63. The Morgan fingerprint density at radius 1 is 1.50 bits per heavy atom.